The molecule has 3 aromatic rings. The molecule has 29 heavy (non-hydrogen) atoms. The molecule has 0 radical (unpaired) electrons. The van der Waals surface area contributed by atoms with Gasteiger partial charge in [-0.3, -0.25) is 9.59 Å². The number of hydrogen-bond donors (Lipinski definition) is 2. The van der Waals surface area contributed by atoms with Crippen molar-refractivity contribution < 1.29 is 9.59 Å². The van der Waals surface area contributed by atoms with Gasteiger partial charge < -0.3 is 15.5 Å². The summed E-state index contributed by atoms with van der Waals surface area (Å²) in [6, 6.07) is 17.8. The molecule has 0 saturated carbocycles. The van der Waals surface area contributed by atoms with Gasteiger partial charge in [0.15, 0.2) is 0 Å². The van der Waals surface area contributed by atoms with Gasteiger partial charge in [0.2, 0.25) is 0 Å². The second kappa shape index (κ2) is 8.31. The summed E-state index contributed by atoms with van der Waals surface area (Å²) in [5, 5.41) is 8.22. The molecule has 4 rings (SSSR count). The van der Waals surface area contributed by atoms with Crippen molar-refractivity contribution >= 4 is 28.4 Å². The monoisotopic (exact) mass is 388 g/mol. The molecule has 1 aromatic heterocycles. The molecule has 0 spiro atoms. The number of carbonyl (C=O) groups is 2. The fraction of sp³-hybridized carbons (Fsp3) is 0.261. The molecule has 1 aliphatic heterocycles. The summed E-state index contributed by atoms with van der Waals surface area (Å²) >= 11 is 0. The minimum Gasteiger partial charge on any atom is -0.367 e. The fourth-order valence-corrected chi connectivity index (χ4v) is 3.70. The molecule has 148 valence electrons. The molecule has 6 nitrogen and oxygen atoms in total. The van der Waals surface area contributed by atoms with E-state index in [4.69, 9.17) is 0 Å². The number of pyridine rings is 1. The molecule has 1 fully saturated rings. The summed E-state index contributed by atoms with van der Waals surface area (Å²) in [7, 11) is 1.60. The number of nitrogens with one attached hydrogen (secondary N) is 2. The van der Waals surface area contributed by atoms with Crippen LogP contribution in [-0.2, 0) is 0 Å². The zero-order valence-electron chi connectivity index (χ0n) is 16.4. The number of amides is 2. The third-order valence-corrected chi connectivity index (χ3v) is 5.38. The number of nitrogens with zero attached hydrogens (tertiary/aromatic N) is 2. The molecule has 0 aliphatic carbocycles. The third-order valence-electron chi connectivity index (χ3n) is 5.38. The minimum absolute atomic E-state index is 0.0854. The predicted molar refractivity (Wildman–Crippen MR) is 114 cm³/mol. The van der Waals surface area contributed by atoms with Gasteiger partial charge in [0.05, 0.1) is 5.56 Å². The first kappa shape index (κ1) is 18.9. The number of anilines is 1. The highest BCUT2D eigenvalue weighted by Crippen LogP contribution is 2.20. The molecule has 0 unspecified atom stereocenters. The van der Waals surface area contributed by atoms with Crippen LogP contribution in [0.3, 0.4) is 0 Å². The van der Waals surface area contributed by atoms with Crippen molar-refractivity contribution in [3.8, 4) is 0 Å². The fourth-order valence-electron chi connectivity index (χ4n) is 3.70. The van der Waals surface area contributed by atoms with E-state index in [9.17, 15) is 9.59 Å². The van der Waals surface area contributed by atoms with E-state index in [1.165, 1.54) is 0 Å². The standard InChI is InChI=1S/C23H24N4O2/c1-24-22(28)19-8-9-21(25-15-19)26-20-10-12-27(13-11-20)23(29)18-7-6-16-4-2-3-5-17(16)14-18/h2-9,14-15,20H,10-13H2,1H3,(H,24,28)(H,25,26). The zero-order chi connectivity index (χ0) is 20.2. The highest BCUT2D eigenvalue weighted by atomic mass is 16.2. The molecule has 6 heteroatoms. The van der Waals surface area contributed by atoms with Crippen LogP contribution >= 0.6 is 0 Å². The lowest BCUT2D eigenvalue weighted by Gasteiger charge is -2.32. The molecule has 2 heterocycles. The van der Waals surface area contributed by atoms with E-state index in [0.717, 1.165) is 35.0 Å². The second-order valence-electron chi connectivity index (χ2n) is 7.28. The summed E-state index contributed by atoms with van der Waals surface area (Å²) < 4.78 is 0. The van der Waals surface area contributed by atoms with Crippen LogP contribution < -0.4 is 10.6 Å². The van der Waals surface area contributed by atoms with Crippen molar-refractivity contribution in [1.82, 2.24) is 15.2 Å². The van der Waals surface area contributed by atoms with Gasteiger partial charge in [0.25, 0.3) is 11.8 Å². The number of aromatic nitrogens is 1. The van der Waals surface area contributed by atoms with E-state index < -0.39 is 0 Å². The Kier molecular flexibility index (Phi) is 5.42. The molecule has 0 bridgehead atoms. The number of rotatable bonds is 4. The first-order valence-electron chi connectivity index (χ1n) is 9.87. The van der Waals surface area contributed by atoms with Crippen LogP contribution in [0.5, 0.6) is 0 Å². The van der Waals surface area contributed by atoms with Crippen molar-refractivity contribution in [2.45, 2.75) is 18.9 Å². The third kappa shape index (κ3) is 4.21. The molecule has 2 aromatic carbocycles. The molecule has 1 aliphatic rings. The van der Waals surface area contributed by atoms with E-state index >= 15 is 0 Å². The van der Waals surface area contributed by atoms with Crippen molar-refractivity contribution in [3.05, 3.63) is 71.9 Å². The average molecular weight is 388 g/mol. The topological polar surface area (TPSA) is 74.3 Å². The average Bonchev–Trinajstić information content (AvgIpc) is 2.79. The van der Waals surface area contributed by atoms with E-state index in [2.05, 4.69) is 21.7 Å². The van der Waals surface area contributed by atoms with Crippen LogP contribution in [0, 0.1) is 0 Å². The Bertz CT molecular complexity index is 1020. The lowest BCUT2D eigenvalue weighted by atomic mass is 10.0. The van der Waals surface area contributed by atoms with Gasteiger partial charge in [-0.25, -0.2) is 4.98 Å². The van der Waals surface area contributed by atoms with Crippen LogP contribution in [0.2, 0.25) is 0 Å². The Morgan fingerprint density at radius 2 is 1.69 bits per heavy atom. The molecule has 2 amide bonds. The van der Waals surface area contributed by atoms with E-state index in [-0.39, 0.29) is 17.9 Å². The van der Waals surface area contributed by atoms with Crippen molar-refractivity contribution in [2.75, 3.05) is 25.5 Å². The molecule has 2 N–H and O–H groups in total. The Hall–Kier alpha value is -3.41. The largest absolute Gasteiger partial charge is 0.367 e. The Morgan fingerprint density at radius 3 is 2.38 bits per heavy atom. The lowest BCUT2D eigenvalue weighted by molar-refractivity contribution is 0.0718. The number of fused-ring (bicyclic) bond motifs is 1. The highest BCUT2D eigenvalue weighted by Gasteiger charge is 2.24. The van der Waals surface area contributed by atoms with Crippen LogP contribution in [0.25, 0.3) is 10.8 Å². The quantitative estimate of drug-likeness (QED) is 0.719. The van der Waals surface area contributed by atoms with Gasteiger partial charge in [-0.15, -0.1) is 0 Å². The maximum absolute atomic E-state index is 12.9. The minimum atomic E-state index is -0.149. The molecule has 0 atom stereocenters. The number of piperidine rings is 1. The van der Waals surface area contributed by atoms with Crippen LogP contribution in [0.4, 0.5) is 5.82 Å². The summed E-state index contributed by atoms with van der Waals surface area (Å²) in [6.07, 6.45) is 3.29. The van der Waals surface area contributed by atoms with Crippen LogP contribution in [0.15, 0.2) is 60.8 Å². The second-order valence-corrected chi connectivity index (χ2v) is 7.28. The van der Waals surface area contributed by atoms with Crippen molar-refractivity contribution in [3.63, 3.8) is 0 Å². The molecular weight excluding hydrogens is 364 g/mol. The first-order valence-corrected chi connectivity index (χ1v) is 9.87. The highest BCUT2D eigenvalue weighted by molar-refractivity contribution is 5.98. The van der Waals surface area contributed by atoms with Crippen LogP contribution in [0.1, 0.15) is 33.6 Å². The summed E-state index contributed by atoms with van der Waals surface area (Å²) in [4.78, 5) is 30.7. The summed E-state index contributed by atoms with van der Waals surface area (Å²) in [5.41, 5.74) is 1.27. The normalized spacial score (nSPS) is 14.6. The summed E-state index contributed by atoms with van der Waals surface area (Å²) in [6.45, 7) is 1.42. The Balaban J connectivity index is 1.35. The Labute approximate surface area is 169 Å². The van der Waals surface area contributed by atoms with Gasteiger partial charge in [-0.2, -0.15) is 0 Å². The van der Waals surface area contributed by atoms with Crippen molar-refractivity contribution in [1.29, 1.82) is 0 Å². The maximum atomic E-state index is 12.9. The number of carbonyl (C=O) groups excluding carboxylic acids is 2. The molecular formula is C23H24N4O2. The SMILES string of the molecule is CNC(=O)c1ccc(NC2CCN(C(=O)c3ccc4ccccc4c3)CC2)nc1. The smallest absolute Gasteiger partial charge is 0.253 e. The Morgan fingerprint density at radius 1 is 0.966 bits per heavy atom. The van der Waals surface area contributed by atoms with E-state index in [0.29, 0.717) is 18.7 Å². The van der Waals surface area contributed by atoms with Gasteiger partial charge in [0.1, 0.15) is 5.82 Å². The predicted octanol–water partition coefficient (Wildman–Crippen LogP) is 3.31. The van der Waals surface area contributed by atoms with Crippen LogP contribution in [-0.4, -0.2) is 47.9 Å². The van der Waals surface area contributed by atoms with Gasteiger partial charge >= 0.3 is 0 Å². The van der Waals surface area contributed by atoms with Crippen molar-refractivity contribution in [2.24, 2.45) is 0 Å². The lowest BCUT2D eigenvalue weighted by Crippen LogP contribution is -2.42. The first-order chi connectivity index (χ1) is 14.1. The number of likely N-dealkylation sites (tertiary alicyclic amines) is 1. The summed E-state index contributed by atoms with van der Waals surface area (Å²) in [5.74, 6) is 0.684. The number of hydrogen-bond acceptors (Lipinski definition) is 4. The van der Waals surface area contributed by atoms with Gasteiger partial charge in [0, 0.05) is 37.9 Å². The molecule has 1 saturated heterocycles. The number of benzene rings is 2. The zero-order valence-corrected chi connectivity index (χ0v) is 16.4. The van der Waals surface area contributed by atoms with E-state index in [1.54, 1.807) is 19.3 Å². The van der Waals surface area contributed by atoms with Gasteiger partial charge in [-0.05, 0) is 47.9 Å². The maximum Gasteiger partial charge on any atom is 0.253 e. The van der Waals surface area contributed by atoms with Gasteiger partial charge in [-0.1, -0.05) is 30.3 Å². The van der Waals surface area contributed by atoms with E-state index in [1.807, 2.05) is 47.4 Å².